The summed E-state index contributed by atoms with van der Waals surface area (Å²) < 4.78 is 0. The summed E-state index contributed by atoms with van der Waals surface area (Å²) in [5, 5.41) is 14.6. The van der Waals surface area contributed by atoms with E-state index < -0.39 is 12.0 Å². The number of rotatable bonds is 5. The van der Waals surface area contributed by atoms with Gasteiger partial charge >= 0.3 is 12.0 Å². The first kappa shape index (κ1) is 12.8. The van der Waals surface area contributed by atoms with E-state index in [1.807, 2.05) is 0 Å². The SMILES string of the molecule is NC(=O)NCCNC1CCCC(C(=O)O)C1. The average molecular weight is 229 g/mol. The summed E-state index contributed by atoms with van der Waals surface area (Å²) >= 11 is 0. The number of carbonyl (C=O) groups excluding carboxylic acids is 1. The van der Waals surface area contributed by atoms with E-state index in [1.54, 1.807) is 0 Å². The molecule has 2 atom stereocenters. The van der Waals surface area contributed by atoms with Crippen LogP contribution in [0.25, 0.3) is 0 Å². The Morgan fingerprint density at radius 2 is 2.06 bits per heavy atom. The van der Waals surface area contributed by atoms with E-state index in [-0.39, 0.29) is 12.0 Å². The van der Waals surface area contributed by atoms with Crippen LogP contribution in [0.4, 0.5) is 4.79 Å². The van der Waals surface area contributed by atoms with Crippen molar-refractivity contribution in [3.05, 3.63) is 0 Å². The van der Waals surface area contributed by atoms with Crippen LogP contribution in [-0.2, 0) is 4.79 Å². The van der Waals surface area contributed by atoms with Gasteiger partial charge in [0, 0.05) is 19.1 Å². The number of nitrogens with one attached hydrogen (secondary N) is 2. The van der Waals surface area contributed by atoms with E-state index in [1.165, 1.54) is 0 Å². The summed E-state index contributed by atoms with van der Waals surface area (Å²) in [6.45, 7) is 1.10. The Balaban J connectivity index is 2.17. The summed E-state index contributed by atoms with van der Waals surface area (Å²) in [6, 6.07) is -0.293. The van der Waals surface area contributed by atoms with Crippen molar-refractivity contribution in [2.75, 3.05) is 13.1 Å². The number of carboxylic acids is 1. The first-order chi connectivity index (χ1) is 7.59. The predicted octanol–water partition coefficient (Wildman–Crippen LogP) is -0.112. The molecule has 16 heavy (non-hydrogen) atoms. The molecule has 0 spiro atoms. The second kappa shape index (κ2) is 6.32. The fourth-order valence-electron chi connectivity index (χ4n) is 2.06. The highest BCUT2D eigenvalue weighted by Gasteiger charge is 2.26. The highest BCUT2D eigenvalue weighted by molar-refractivity contribution is 5.71. The second-order valence-corrected chi connectivity index (χ2v) is 4.14. The van der Waals surface area contributed by atoms with Crippen molar-refractivity contribution >= 4 is 12.0 Å². The van der Waals surface area contributed by atoms with Gasteiger partial charge in [0.05, 0.1) is 5.92 Å². The number of carboxylic acid groups (broad SMARTS) is 1. The molecule has 1 fully saturated rings. The number of amides is 2. The summed E-state index contributed by atoms with van der Waals surface area (Å²) in [6.07, 6.45) is 3.39. The number of primary amides is 1. The summed E-state index contributed by atoms with van der Waals surface area (Å²) in [5.74, 6) is -0.933. The van der Waals surface area contributed by atoms with E-state index in [0.717, 1.165) is 19.3 Å². The average Bonchev–Trinajstić information content (AvgIpc) is 2.24. The molecule has 6 nitrogen and oxygen atoms in total. The van der Waals surface area contributed by atoms with E-state index in [4.69, 9.17) is 10.8 Å². The first-order valence-corrected chi connectivity index (χ1v) is 5.59. The highest BCUT2D eigenvalue weighted by Crippen LogP contribution is 2.24. The predicted molar refractivity (Wildman–Crippen MR) is 59.0 cm³/mol. The van der Waals surface area contributed by atoms with E-state index in [0.29, 0.717) is 19.5 Å². The van der Waals surface area contributed by atoms with Gasteiger partial charge in [-0.05, 0) is 19.3 Å². The Morgan fingerprint density at radius 1 is 1.31 bits per heavy atom. The third-order valence-corrected chi connectivity index (χ3v) is 2.88. The zero-order valence-electron chi connectivity index (χ0n) is 9.24. The van der Waals surface area contributed by atoms with Crippen LogP contribution in [0.5, 0.6) is 0 Å². The Bertz CT molecular complexity index is 258. The van der Waals surface area contributed by atoms with Gasteiger partial charge in [-0.25, -0.2) is 4.79 Å². The van der Waals surface area contributed by atoms with E-state index in [2.05, 4.69) is 10.6 Å². The molecule has 1 rings (SSSR count). The van der Waals surface area contributed by atoms with Crippen molar-refractivity contribution in [1.82, 2.24) is 10.6 Å². The minimum absolute atomic E-state index is 0.227. The molecule has 0 aliphatic heterocycles. The smallest absolute Gasteiger partial charge is 0.312 e. The minimum atomic E-state index is -0.707. The van der Waals surface area contributed by atoms with Gasteiger partial charge in [0.25, 0.3) is 0 Å². The first-order valence-electron chi connectivity index (χ1n) is 5.59. The zero-order valence-corrected chi connectivity index (χ0v) is 9.24. The maximum absolute atomic E-state index is 10.8. The Morgan fingerprint density at radius 3 is 2.69 bits per heavy atom. The lowest BCUT2D eigenvalue weighted by Gasteiger charge is -2.27. The fourth-order valence-corrected chi connectivity index (χ4v) is 2.06. The third-order valence-electron chi connectivity index (χ3n) is 2.88. The van der Waals surface area contributed by atoms with Crippen LogP contribution >= 0.6 is 0 Å². The van der Waals surface area contributed by atoms with Gasteiger partial charge in [0.2, 0.25) is 0 Å². The van der Waals surface area contributed by atoms with Crippen LogP contribution in [0.15, 0.2) is 0 Å². The molecule has 1 aliphatic carbocycles. The van der Waals surface area contributed by atoms with Crippen LogP contribution in [0.2, 0.25) is 0 Å². The Hall–Kier alpha value is -1.30. The summed E-state index contributed by atoms with van der Waals surface area (Å²) in [7, 11) is 0. The van der Waals surface area contributed by atoms with Gasteiger partial charge < -0.3 is 21.5 Å². The molecule has 0 bridgehead atoms. The van der Waals surface area contributed by atoms with Crippen LogP contribution in [-0.4, -0.2) is 36.2 Å². The molecule has 0 radical (unpaired) electrons. The molecule has 0 aromatic carbocycles. The molecule has 0 saturated heterocycles. The molecule has 92 valence electrons. The maximum atomic E-state index is 10.8. The molecule has 1 saturated carbocycles. The maximum Gasteiger partial charge on any atom is 0.312 e. The van der Waals surface area contributed by atoms with E-state index >= 15 is 0 Å². The Kier molecular flexibility index (Phi) is 5.04. The minimum Gasteiger partial charge on any atom is -0.481 e. The summed E-state index contributed by atoms with van der Waals surface area (Å²) in [5.41, 5.74) is 4.92. The van der Waals surface area contributed by atoms with Gasteiger partial charge in [-0.3, -0.25) is 4.79 Å². The molecule has 0 heterocycles. The quantitative estimate of drug-likeness (QED) is 0.493. The number of hydrogen-bond acceptors (Lipinski definition) is 3. The lowest BCUT2D eigenvalue weighted by atomic mass is 9.86. The van der Waals surface area contributed by atoms with Crippen molar-refractivity contribution in [3.8, 4) is 0 Å². The molecular weight excluding hydrogens is 210 g/mol. The fraction of sp³-hybridized carbons (Fsp3) is 0.800. The summed E-state index contributed by atoms with van der Waals surface area (Å²) in [4.78, 5) is 21.2. The van der Waals surface area contributed by atoms with Gasteiger partial charge in [-0.2, -0.15) is 0 Å². The van der Waals surface area contributed by atoms with Crippen LogP contribution < -0.4 is 16.4 Å². The van der Waals surface area contributed by atoms with Crippen molar-refractivity contribution in [1.29, 1.82) is 0 Å². The number of hydrogen-bond donors (Lipinski definition) is 4. The van der Waals surface area contributed by atoms with Gasteiger partial charge in [0.15, 0.2) is 0 Å². The van der Waals surface area contributed by atoms with Gasteiger partial charge in [-0.1, -0.05) is 6.42 Å². The Labute approximate surface area is 94.6 Å². The molecule has 1 aliphatic rings. The van der Waals surface area contributed by atoms with Crippen molar-refractivity contribution in [3.63, 3.8) is 0 Å². The second-order valence-electron chi connectivity index (χ2n) is 4.14. The van der Waals surface area contributed by atoms with Crippen LogP contribution in [0, 0.1) is 5.92 Å². The number of urea groups is 1. The molecule has 2 unspecified atom stereocenters. The molecule has 0 aromatic heterocycles. The molecule has 6 heteroatoms. The number of carbonyl (C=O) groups is 2. The van der Waals surface area contributed by atoms with Crippen molar-refractivity contribution in [2.45, 2.75) is 31.7 Å². The van der Waals surface area contributed by atoms with Crippen molar-refractivity contribution in [2.24, 2.45) is 11.7 Å². The molecular formula is C10H19N3O3. The molecule has 5 N–H and O–H groups in total. The van der Waals surface area contributed by atoms with Crippen LogP contribution in [0.3, 0.4) is 0 Å². The monoisotopic (exact) mass is 229 g/mol. The highest BCUT2D eigenvalue weighted by atomic mass is 16.4. The largest absolute Gasteiger partial charge is 0.481 e. The lowest BCUT2D eigenvalue weighted by Crippen LogP contribution is -2.41. The van der Waals surface area contributed by atoms with E-state index in [9.17, 15) is 9.59 Å². The normalized spacial score (nSPS) is 25.0. The third kappa shape index (κ3) is 4.48. The van der Waals surface area contributed by atoms with Crippen LogP contribution in [0.1, 0.15) is 25.7 Å². The lowest BCUT2D eigenvalue weighted by molar-refractivity contribution is -0.143. The molecule has 2 amide bonds. The number of nitrogens with two attached hydrogens (primary N) is 1. The zero-order chi connectivity index (χ0) is 12.0. The van der Waals surface area contributed by atoms with Crippen molar-refractivity contribution < 1.29 is 14.7 Å². The standard InChI is InChI=1S/C10H19N3O3/c11-10(16)13-5-4-12-8-3-1-2-7(6-8)9(14)15/h7-8,12H,1-6H2,(H,14,15)(H3,11,13,16). The number of aliphatic carboxylic acids is 1. The van der Waals surface area contributed by atoms with Gasteiger partial charge in [0.1, 0.15) is 0 Å². The topological polar surface area (TPSA) is 104 Å². The van der Waals surface area contributed by atoms with Gasteiger partial charge in [-0.15, -0.1) is 0 Å². The molecule has 0 aromatic rings.